The van der Waals surface area contributed by atoms with Crippen molar-refractivity contribution < 1.29 is 22.7 Å². The van der Waals surface area contributed by atoms with Crippen molar-refractivity contribution in [1.29, 1.82) is 0 Å². The van der Waals surface area contributed by atoms with E-state index in [1.807, 2.05) is 0 Å². The number of imidazole rings is 1. The van der Waals surface area contributed by atoms with Crippen LogP contribution in [0.3, 0.4) is 0 Å². The molecule has 0 spiro atoms. The number of piperidine rings is 1. The minimum Gasteiger partial charge on any atom is -0.444 e. The smallest absolute Gasteiger partial charge is 0.410 e. The molecule has 1 fully saturated rings. The number of aromatic nitrogens is 3. The molecule has 0 radical (unpaired) electrons. The van der Waals surface area contributed by atoms with Crippen molar-refractivity contribution in [2.75, 3.05) is 13.1 Å². The fourth-order valence-corrected chi connectivity index (χ4v) is 5.55. The lowest BCUT2D eigenvalue weighted by atomic mass is 10.1. The molecule has 35 heavy (non-hydrogen) atoms. The highest BCUT2D eigenvalue weighted by Crippen LogP contribution is 2.25. The van der Waals surface area contributed by atoms with Crippen LogP contribution in [0.5, 0.6) is 0 Å². The fraction of sp³-hybridized carbons (Fsp3) is 0.417. The van der Waals surface area contributed by atoms with Gasteiger partial charge in [0.2, 0.25) is 0 Å². The first-order valence-corrected chi connectivity index (χ1v) is 13.0. The molecule has 2 amide bonds. The van der Waals surface area contributed by atoms with E-state index in [4.69, 9.17) is 4.74 Å². The van der Waals surface area contributed by atoms with Crippen molar-refractivity contribution in [2.45, 2.75) is 55.9 Å². The summed E-state index contributed by atoms with van der Waals surface area (Å²) in [5, 5.41) is 2.20. The van der Waals surface area contributed by atoms with E-state index in [0.717, 1.165) is 5.65 Å². The lowest BCUT2D eigenvalue weighted by Gasteiger charge is -2.33. The monoisotopic (exact) mass is 499 g/mol. The van der Waals surface area contributed by atoms with Gasteiger partial charge in [-0.3, -0.25) is 9.78 Å². The van der Waals surface area contributed by atoms with Crippen molar-refractivity contribution in [3.8, 4) is 0 Å². The first-order valence-electron chi connectivity index (χ1n) is 11.4. The molecule has 0 aliphatic carbocycles. The van der Waals surface area contributed by atoms with Crippen LogP contribution in [0.15, 0.2) is 53.9 Å². The van der Waals surface area contributed by atoms with E-state index in [2.05, 4.69) is 15.3 Å². The molecule has 1 saturated heterocycles. The second-order valence-electron chi connectivity index (χ2n) is 9.49. The Labute approximate surface area is 204 Å². The quantitative estimate of drug-likeness (QED) is 0.573. The second kappa shape index (κ2) is 9.65. The maximum atomic E-state index is 13.1. The number of carbonyl (C=O) groups excluding carboxylic acids is 2. The third-order valence-electron chi connectivity index (χ3n) is 5.74. The minimum atomic E-state index is -3.59. The van der Waals surface area contributed by atoms with E-state index in [0.29, 0.717) is 37.2 Å². The van der Waals surface area contributed by atoms with E-state index < -0.39 is 26.8 Å². The zero-order valence-electron chi connectivity index (χ0n) is 20.0. The van der Waals surface area contributed by atoms with Crippen LogP contribution in [0.25, 0.3) is 5.65 Å². The summed E-state index contributed by atoms with van der Waals surface area (Å²) in [6.45, 7) is 6.19. The number of likely N-dealkylation sites (tertiary alicyclic amines) is 1. The SMILES string of the molecule is CC(C)(C)OC(=O)N1CCC(S(=O)(=O)c2ccc(CNC(=O)c3ccc4nccn4c3)nc2)CC1. The van der Waals surface area contributed by atoms with Crippen LogP contribution >= 0.6 is 0 Å². The highest BCUT2D eigenvalue weighted by Gasteiger charge is 2.34. The molecule has 0 aromatic carbocycles. The molecule has 0 atom stereocenters. The molecule has 1 aliphatic heterocycles. The summed E-state index contributed by atoms with van der Waals surface area (Å²) in [6.07, 6.45) is 6.67. The van der Waals surface area contributed by atoms with Crippen LogP contribution in [0.4, 0.5) is 4.79 Å². The number of rotatable bonds is 5. The number of ether oxygens (including phenoxy) is 1. The highest BCUT2D eigenvalue weighted by atomic mass is 32.2. The van der Waals surface area contributed by atoms with Crippen LogP contribution in [0, 0.1) is 0 Å². The van der Waals surface area contributed by atoms with Crippen LogP contribution < -0.4 is 5.32 Å². The topological polar surface area (TPSA) is 123 Å². The molecule has 186 valence electrons. The normalized spacial score (nSPS) is 15.2. The zero-order valence-corrected chi connectivity index (χ0v) is 20.8. The van der Waals surface area contributed by atoms with Crippen molar-refractivity contribution in [3.05, 3.63) is 60.3 Å². The van der Waals surface area contributed by atoms with Gasteiger partial charge in [-0.25, -0.2) is 18.2 Å². The second-order valence-corrected chi connectivity index (χ2v) is 11.7. The first-order chi connectivity index (χ1) is 16.5. The summed E-state index contributed by atoms with van der Waals surface area (Å²) < 4.78 is 33.3. The molecule has 11 heteroatoms. The van der Waals surface area contributed by atoms with Gasteiger partial charge in [-0.15, -0.1) is 0 Å². The van der Waals surface area contributed by atoms with Gasteiger partial charge < -0.3 is 19.4 Å². The lowest BCUT2D eigenvalue weighted by molar-refractivity contribution is 0.0217. The van der Waals surface area contributed by atoms with Gasteiger partial charge in [0.05, 0.1) is 27.9 Å². The lowest BCUT2D eigenvalue weighted by Crippen LogP contribution is -2.44. The molecule has 3 aromatic heterocycles. The minimum absolute atomic E-state index is 0.133. The summed E-state index contributed by atoms with van der Waals surface area (Å²) in [4.78, 5) is 34.8. The van der Waals surface area contributed by atoms with Crippen LogP contribution in [-0.4, -0.2) is 63.6 Å². The number of nitrogens with zero attached hydrogens (tertiary/aromatic N) is 4. The summed E-state index contributed by atoms with van der Waals surface area (Å²) in [6, 6.07) is 6.56. The molecule has 3 aromatic rings. The predicted octanol–water partition coefficient (Wildman–Crippen LogP) is 2.83. The van der Waals surface area contributed by atoms with Gasteiger partial charge >= 0.3 is 6.09 Å². The Balaban J connectivity index is 1.33. The Hall–Kier alpha value is -3.47. The summed E-state index contributed by atoms with van der Waals surface area (Å²) in [7, 11) is -3.59. The Kier molecular flexibility index (Phi) is 6.79. The van der Waals surface area contributed by atoms with Gasteiger partial charge in [-0.1, -0.05) is 0 Å². The molecule has 4 rings (SSSR count). The molecular weight excluding hydrogens is 470 g/mol. The largest absolute Gasteiger partial charge is 0.444 e. The Morgan fingerprint density at radius 2 is 1.86 bits per heavy atom. The van der Waals surface area contributed by atoms with Gasteiger partial charge in [0, 0.05) is 37.9 Å². The Bertz CT molecular complexity index is 1320. The molecule has 4 heterocycles. The van der Waals surface area contributed by atoms with Crippen molar-refractivity contribution >= 4 is 27.5 Å². The molecule has 0 unspecified atom stereocenters. The number of fused-ring (bicyclic) bond motifs is 1. The third-order valence-corrected chi connectivity index (χ3v) is 7.99. The molecule has 0 bridgehead atoms. The molecule has 1 aliphatic rings. The maximum Gasteiger partial charge on any atom is 0.410 e. The summed E-state index contributed by atoms with van der Waals surface area (Å²) in [5.41, 5.74) is 1.17. The number of sulfone groups is 1. The van der Waals surface area contributed by atoms with Crippen LogP contribution in [0.2, 0.25) is 0 Å². The van der Waals surface area contributed by atoms with E-state index in [1.165, 1.54) is 12.3 Å². The van der Waals surface area contributed by atoms with E-state index in [9.17, 15) is 18.0 Å². The predicted molar refractivity (Wildman–Crippen MR) is 129 cm³/mol. The van der Waals surface area contributed by atoms with Crippen LogP contribution in [-0.2, 0) is 21.1 Å². The van der Waals surface area contributed by atoms with Gasteiger partial charge in [0.1, 0.15) is 11.2 Å². The summed E-state index contributed by atoms with van der Waals surface area (Å²) >= 11 is 0. The van der Waals surface area contributed by atoms with E-state index >= 15 is 0 Å². The third kappa shape index (κ3) is 5.79. The number of carbonyl (C=O) groups is 2. The number of hydrogen-bond acceptors (Lipinski definition) is 7. The van der Waals surface area contributed by atoms with Gasteiger partial charge in [-0.2, -0.15) is 0 Å². The number of hydrogen-bond donors (Lipinski definition) is 1. The molecule has 0 saturated carbocycles. The van der Waals surface area contributed by atoms with Gasteiger partial charge in [-0.05, 0) is 57.9 Å². The van der Waals surface area contributed by atoms with Crippen molar-refractivity contribution in [3.63, 3.8) is 0 Å². The van der Waals surface area contributed by atoms with Gasteiger partial charge in [0.15, 0.2) is 9.84 Å². The van der Waals surface area contributed by atoms with E-state index in [-0.39, 0.29) is 17.3 Å². The van der Waals surface area contributed by atoms with E-state index in [1.54, 1.807) is 66.9 Å². The number of amides is 2. The van der Waals surface area contributed by atoms with Gasteiger partial charge in [0.25, 0.3) is 5.91 Å². The number of pyridine rings is 2. The first kappa shape index (κ1) is 24.6. The highest BCUT2D eigenvalue weighted by molar-refractivity contribution is 7.92. The van der Waals surface area contributed by atoms with Crippen molar-refractivity contribution in [1.82, 2.24) is 24.6 Å². The summed E-state index contributed by atoms with van der Waals surface area (Å²) in [5.74, 6) is -0.268. The Morgan fingerprint density at radius 3 is 2.51 bits per heavy atom. The molecule has 10 nitrogen and oxygen atoms in total. The number of nitrogens with one attached hydrogen (secondary N) is 1. The fourth-order valence-electron chi connectivity index (χ4n) is 3.88. The molecule has 1 N–H and O–H groups in total. The zero-order chi connectivity index (χ0) is 25.2. The molecular formula is C24H29N5O5S. The average molecular weight is 500 g/mol. The maximum absolute atomic E-state index is 13.1. The van der Waals surface area contributed by atoms with Crippen LogP contribution in [0.1, 0.15) is 49.7 Å². The average Bonchev–Trinajstić information content (AvgIpc) is 3.30. The standard InChI is InChI=1S/C24H29N5O5S/c1-24(2,3)34-23(31)28-11-8-19(9-12-28)35(32,33)20-6-5-18(26-15-20)14-27-22(30)17-4-7-21-25-10-13-29(21)16-17/h4-7,10,13,15-16,19H,8-9,11-12,14H2,1-3H3,(H,27,30). The Morgan fingerprint density at radius 1 is 1.11 bits per heavy atom. The van der Waals surface area contributed by atoms with Crippen molar-refractivity contribution in [2.24, 2.45) is 0 Å².